The molecule has 0 radical (unpaired) electrons. The Kier molecular flexibility index (Phi) is 4.10. The smallest absolute Gasteiger partial charge is 0.245 e. The second-order valence-electron chi connectivity index (χ2n) is 4.96. The Morgan fingerprint density at radius 3 is 2.84 bits per heavy atom. The Morgan fingerprint density at radius 2 is 2.21 bits per heavy atom. The van der Waals surface area contributed by atoms with Gasteiger partial charge in [-0.3, -0.25) is 0 Å². The molecule has 1 heterocycles. The van der Waals surface area contributed by atoms with Crippen LogP contribution in [0.15, 0.2) is 23.1 Å². The maximum absolute atomic E-state index is 13.0. The van der Waals surface area contributed by atoms with Crippen LogP contribution in [-0.4, -0.2) is 25.8 Å². The van der Waals surface area contributed by atoms with Crippen molar-refractivity contribution in [1.29, 1.82) is 0 Å². The fourth-order valence-corrected chi connectivity index (χ4v) is 4.12. The number of hydrogen-bond acceptors (Lipinski definition) is 3. The summed E-state index contributed by atoms with van der Waals surface area (Å²) in [6.45, 7) is 3.10. The van der Waals surface area contributed by atoms with Gasteiger partial charge in [-0.2, -0.15) is 4.31 Å². The first kappa shape index (κ1) is 14.3. The number of rotatable bonds is 3. The third kappa shape index (κ3) is 2.90. The number of benzene rings is 1. The van der Waals surface area contributed by atoms with Gasteiger partial charge in [0, 0.05) is 13.1 Å². The molecule has 0 bridgehead atoms. The molecule has 0 amide bonds. The number of hydrogen-bond donors (Lipinski definition) is 1. The third-order valence-corrected chi connectivity index (χ3v) is 5.59. The normalized spacial score (nSPS) is 21.5. The summed E-state index contributed by atoms with van der Waals surface area (Å²) in [5, 5.41) is 0. The Labute approximate surface area is 113 Å². The SMILES string of the molecule is CCC1CCCN(S(=O)(=O)c2ccc(F)cc2N)C1. The fourth-order valence-electron chi connectivity index (χ4n) is 2.47. The van der Waals surface area contributed by atoms with Gasteiger partial charge in [-0.1, -0.05) is 13.3 Å². The van der Waals surface area contributed by atoms with Crippen molar-refractivity contribution in [3.8, 4) is 0 Å². The van der Waals surface area contributed by atoms with Crippen molar-refractivity contribution in [3.05, 3.63) is 24.0 Å². The summed E-state index contributed by atoms with van der Waals surface area (Å²) in [7, 11) is -3.61. The molecule has 1 aromatic carbocycles. The number of sulfonamides is 1. The zero-order valence-electron chi connectivity index (χ0n) is 11.0. The molecule has 2 rings (SSSR count). The highest BCUT2D eigenvalue weighted by atomic mass is 32.2. The van der Waals surface area contributed by atoms with Gasteiger partial charge in [0.15, 0.2) is 0 Å². The van der Waals surface area contributed by atoms with Crippen LogP contribution in [0.25, 0.3) is 0 Å². The van der Waals surface area contributed by atoms with Crippen LogP contribution in [0, 0.1) is 11.7 Å². The van der Waals surface area contributed by atoms with Gasteiger partial charge in [0.05, 0.1) is 5.69 Å². The summed E-state index contributed by atoms with van der Waals surface area (Å²) in [4.78, 5) is 0.00523. The molecule has 106 valence electrons. The first-order valence-electron chi connectivity index (χ1n) is 6.50. The van der Waals surface area contributed by atoms with Gasteiger partial charge < -0.3 is 5.73 Å². The zero-order valence-corrected chi connectivity index (χ0v) is 11.8. The van der Waals surface area contributed by atoms with Crippen LogP contribution in [0.2, 0.25) is 0 Å². The summed E-state index contributed by atoms with van der Waals surface area (Å²) < 4.78 is 39.5. The number of anilines is 1. The average Bonchev–Trinajstić information content (AvgIpc) is 2.38. The molecule has 1 fully saturated rings. The summed E-state index contributed by atoms with van der Waals surface area (Å²) in [6, 6.07) is 3.42. The number of nitrogens with zero attached hydrogens (tertiary/aromatic N) is 1. The van der Waals surface area contributed by atoms with E-state index in [-0.39, 0.29) is 10.6 Å². The van der Waals surface area contributed by atoms with Gasteiger partial charge >= 0.3 is 0 Å². The monoisotopic (exact) mass is 286 g/mol. The quantitative estimate of drug-likeness (QED) is 0.867. The summed E-state index contributed by atoms with van der Waals surface area (Å²) in [5.74, 6) is -0.133. The lowest BCUT2D eigenvalue weighted by Gasteiger charge is -2.31. The summed E-state index contributed by atoms with van der Waals surface area (Å²) in [6.07, 6.45) is 2.88. The van der Waals surface area contributed by atoms with Gasteiger partial charge in [0.25, 0.3) is 0 Å². The van der Waals surface area contributed by atoms with Crippen molar-refractivity contribution in [1.82, 2.24) is 4.31 Å². The Hall–Kier alpha value is -1.14. The zero-order chi connectivity index (χ0) is 14.0. The molecule has 19 heavy (non-hydrogen) atoms. The lowest BCUT2D eigenvalue weighted by Crippen LogP contribution is -2.39. The predicted molar refractivity (Wildman–Crippen MR) is 72.6 cm³/mol. The molecular formula is C13H19FN2O2S. The molecule has 0 aliphatic carbocycles. The molecule has 0 saturated carbocycles. The second-order valence-corrected chi connectivity index (χ2v) is 6.87. The van der Waals surface area contributed by atoms with Crippen LogP contribution >= 0.6 is 0 Å². The number of piperidine rings is 1. The fraction of sp³-hybridized carbons (Fsp3) is 0.538. The Balaban J connectivity index is 2.31. The van der Waals surface area contributed by atoms with Crippen LogP contribution in [0.5, 0.6) is 0 Å². The molecule has 0 aromatic heterocycles. The standard InChI is InChI=1S/C13H19FN2O2S/c1-2-10-4-3-7-16(9-10)19(17,18)13-6-5-11(14)8-12(13)15/h5-6,8,10H,2-4,7,9,15H2,1H3. The van der Waals surface area contributed by atoms with Crippen molar-refractivity contribution in [3.63, 3.8) is 0 Å². The molecule has 4 nitrogen and oxygen atoms in total. The molecule has 1 saturated heterocycles. The Morgan fingerprint density at radius 1 is 1.47 bits per heavy atom. The van der Waals surface area contributed by atoms with Crippen molar-refractivity contribution >= 4 is 15.7 Å². The maximum Gasteiger partial charge on any atom is 0.245 e. The summed E-state index contributed by atoms with van der Waals surface area (Å²) >= 11 is 0. The van der Waals surface area contributed by atoms with Gasteiger partial charge in [0.1, 0.15) is 10.7 Å². The van der Waals surface area contributed by atoms with E-state index in [1.807, 2.05) is 0 Å². The maximum atomic E-state index is 13.0. The van der Waals surface area contributed by atoms with E-state index in [0.717, 1.165) is 31.4 Å². The molecule has 1 aromatic rings. The molecule has 1 unspecified atom stereocenters. The van der Waals surface area contributed by atoms with Crippen LogP contribution < -0.4 is 5.73 Å². The minimum absolute atomic E-state index is 0.00523. The largest absolute Gasteiger partial charge is 0.398 e. The third-order valence-electron chi connectivity index (χ3n) is 3.65. The highest BCUT2D eigenvalue weighted by Crippen LogP contribution is 2.28. The minimum atomic E-state index is -3.61. The number of nitrogen functional groups attached to an aromatic ring is 1. The van der Waals surface area contributed by atoms with Crippen LogP contribution in [0.1, 0.15) is 26.2 Å². The molecule has 1 atom stereocenters. The van der Waals surface area contributed by atoms with Crippen LogP contribution in [0.3, 0.4) is 0 Å². The van der Waals surface area contributed by atoms with Crippen LogP contribution in [0.4, 0.5) is 10.1 Å². The number of halogens is 1. The van der Waals surface area contributed by atoms with E-state index < -0.39 is 15.8 Å². The van der Waals surface area contributed by atoms with Crippen molar-refractivity contribution < 1.29 is 12.8 Å². The molecule has 6 heteroatoms. The predicted octanol–water partition coefficient (Wildman–Crippen LogP) is 2.22. The second kappa shape index (κ2) is 5.46. The average molecular weight is 286 g/mol. The van der Waals surface area contributed by atoms with E-state index in [9.17, 15) is 12.8 Å². The van der Waals surface area contributed by atoms with E-state index >= 15 is 0 Å². The minimum Gasteiger partial charge on any atom is -0.398 e. The Bertz CT molecular complexity index is 560. The van der Waals surface area contributed by atoms with E-state index in [0.29, 0.717) is 19.0 Å². The molecule has 2 N–H and O–H groups in total. The first-order chi connectivity index (χ1) is 8.95. The van der Waals surface area contributed by atoms with E-state index in [1.54, 1.807) is 0 Å². The summed E-state index contributed by atoms with van der Waals surface area (Å²) in [5.41, 5.74) is 5.61. The van der Waals surface area contributed by atoms with Gasteiger partial charge in [-0.15, -0.1) is 0 Å². The van der Waals surface area contributed by atoms with E-state index in [2.05, 4.69) is 6.92 Å². The van der Waals surface area contributed by atoms with Crippen molar-refractivity contribution in [2.45, 2.75) is 31.1 Å². The van der Waals surface area contributed by atoms with Crippen LogP contribution in [-0.2, 0) is 10.0 Å². The van der Waals surface area contributed by atoms with E-state index in [1.165, 1.54) is 10.4 Å². The highest BCUT2D eigenvalue weighted by molar-refractivity contribution is 7.89. The number of nitrogens with two attached hydrogens (primary N) is 1. The lowest BCUT2D eigenvalue weighted by atomic mass is 9.97. The lowest BCUT2D eigenvalue weighted by molar-refractivity contribution is 0.261. The van der Waals surface area contributed by atoms with Crippen molar-refractivity contribution in [2.75, 3.05) is 18.8 Å². The van der Waals surface area contributed by atoms with Gasteiger partial charge in [-0.25, -0.2) is 12.8 Å². The first-order valence-corrected chi connectivity index (χ1v) is 7.94. The molecule has 1 aliphatic heterocycles. The molecule has 1 aliphatic rings. The van der Waals surface area contributed by atoms with Gasteiger partial charge in [-0.05, 0) is 37.0 Å². The molecule has 0 spiro atoms. The topological polar surface area (TPSA) is 63.4 Å². The van der Waals surface area contributed by atoms with E-state index in [4.69, 9.17) is 5.73 Å². The van der Waals surface area contributed by atoms with Crippen molar-refractivity contribution in [2.24, 2.45) is 5.92 Å². The molecular weight excluding hydrogens is 267 g/mol. The highest BCUT2D eigenvalue weighted by Gasteiger charge is 2.30. The van der Waals surface area contributed by atoms with Gasteiger partial charge in [0.2, 0.25) is 10.0 Å².